The molecule has 3 unspecified atom stereocenters. The fraction of sp³-hybridized carbons (Fsp3) is 0.625. The highest BCUT2D eigenvalue weighted by Gasteiger charge is 2.24. The summed E-state index contributed by atoms with van der Waals surface area (Å²) < 4.78 is 6.52. The van der Waals surface area contributed by atoms with E-state index in [0.717, 1.165) is 28.6 Å². The van der Waals surface area contributed by atoms with Gasteiger partial charge in [0.1, 0.15) is 5.75 Å². The van der Waals surface area contributed by atoms with Crippen molar-refractivity contribution in [3.63, 3.8) is 0 Å². The highest BCUT2D eigenvalue weighted by atomic mass is 79.9. The Bertz CT molecular complexity index is 421. The van der Waals surface area contributed by atoms with E-state index in [0.29, 0.717) is 6.04 Å². The lowest BCUT2D eigenvalue weighted by molar-refractivity contribution is 0.225. The van der Waals surface area contributed by atoms with E-state index in [1.165, 1.54) is 24.8 Å². The van der Waals surface area contributed by atoms with Gasteiger partial charge in [-0.25, -0.2) is 0 Å². The lowest BCUT2D eigenvalue weighted by Crippen LogP contribution is -2.35. The zero-order valence-corrected chi connectivity index (χ0v) is 13.7. The maximum atomic E-state index is 5.42. The first-order valence-corrected chi connectivity index (χ1v) is 7.95. The zero-order valence-electron chi connectivity index (χ0n) is 12.1. The Balaban J connectivity index is 1.93. The van der Waals surface area contributed by atoms with Gasteiger partial charge in [0.25, 0.3) is 0 Å². The monoisotopic (exact) mass is 325 g/mol. The number of rotatable bonds is 4. The van der Waals surface area contributed by atoms with Crippen LogP contribution in [0.2, 0.25) is 0 Å². The number of benzene rings is 1. The van der Waals surface area contributed by atoms with Crippen LogP contribution in [0.3, 0.4) is 0 Å². The maximum absolute atomic E-state index is 5.42. The molecular weight excluding hydrogens is 302 g/mol. The first-order valence-electron chi connectivity index (χ1n) is 7.16. The minimum absolute atomic E-state index is 0.648. The van der Waals surface area contributed by atoms with E-state index in [1.54, 1.807) is 7.11 Å². The molecule has 2 nitrogen and oxygen atoms in total. The van der Waals surface area contributed by atoms with Crippen molar-refractivity contribution in [1.82, 2.24) is 5.32 Å². The lowest BCUT2D eigenvalue weighted by atomic mass is 9.79. The largest absolute Gasteiger partial charge is 0.496 e. The smallest absolute Gasteiger partial charge is 0.123 e. The third-order valence-corrected chi connectivity index (χ3v) is 4.92. The summed E-state index contributed by atoms with van der Waals surface area (Å²) in [5, 5.41) is 3.69. The Morgan fingerprint density at radius 3 is 2.74 bits per heavy atom. The van der Waals surface area contributed by atoms with Crippen LogP contribution in [0.25, 0.3) is 0 Å². The van der Waals surface area contributed by atoms with E-state index in [2.05, 4.69) is 41.2 Å². The van der Waals surface area contributed by atoms with E-state index >= 15 is 0 Å². The molecule has 2 rings (SSSR count). The van der Waals surface area contributed by atoms with Gasteiger partial charge in [-0.2, -0.15) is 0 Å². The lowest BCUT2D eigenvalue weighted by Gasteiger charge is -2.32. The Kier molecular flexibility index (Phi) is 5.28. The Morgan fingerprint density at radius 1 is 1.26 bits per heavy atom. The van der Waals surface area contributed by atoms with Gasteiger partial charge >= 0.3 is 0 Å². The SMILES string of the molecule is COc1ccc(Br)cc1CNC1CCC(C)C(C)C1. The standard InChI is InChI=1S/C16H24BrNO/c1-11-4-6-15(8-12(11)2)18-10-13-9-14(17)5-7-16(13)19-3/h5,7,9,11-12,15,18H,4,6,8,10H2,1-3H3. The molecule has 1 aromatic rings. The molecule has 1 aliphatic carbocycles. The molecule has 0 aliphatic heterocycles. The number of nitrogens with one attached hydrogen (secondary N) is 1. The second-order valence-corrected chi connectivity index (χ2v) is 6.72. The van der Waals surface area contributed by atoms with Crippen LogP contribution in [-0.2, 0) is 6.54 Å². The van der Waals surface area contributed by atoms with Crippen molar-refractivity contribution in [3.8, 4) is 5.75 Å². The fourth-order valence-corrected chi connectivity index (χ4v) is 3.28. The van der Waals surface area contributed by atoms with Crippen molar-refractivity contribution in [2.75, 3.05) is 7.11 Å². The Morgan fingerprint density at radius 2 is 2.05 bits per heavy atom. The quantitative estimate of drug-likeness (QED) is 0.887. The summed E-state index contributed by atoms with van der Waals surface area (Å²) in [6, 6.07) is 6.83. The van der Waals surface area contributed by atoms with E-state index in [1.807, 2.05) is 12.1 Å². The summed E-state index contributed by atoms with van der Waals surface area (Å²) in [7, 11) is 1.73. The van der Waals surface area contributed by atoms with Crippen LogP contribution in [0, 0.1) is 11.8 Å². The summed E-state index contributed by atoms with van der Waals surface area (Å²) in [4.78, 5) is 0. The molecule has 0 bridgehead atoms. The van der Waals surface area contributed by atoms with Crippen molar-refractivity contribution in [1.29, 1.82) is 0 Å². The first-order chi connectivity index (χ1) is 9.10. The summed E-state index contributed by atoms with van der Waals surface area (Å²) >= 11 is 3.53. The van der Waals surface area contributed by atoms with Gasteiger partial charge in [-0.15, -0.1) is 0 Å². The minimum Gasteiger partial charge on any atom is -0.496 e. The molecule has 0 saturated heterocycles. The van der Waals surface area contributed by atoms with Gasteiger partial charge in [0.15, 0.2) is 0 Å². The second-order valence-electron chi connectivity index (χ2n) is 5.80. The summed E-state index contributed by atoms with van der Waals surface area (Å²) in [6.07, 6.45) is 3.92. The molecule has 3 atom stereocenters. The normalized spacial score (nSPS) is 27.3. The highest BCUT2D eigenvalue weighted by molar-refractivity contribution is 9.10. The number of hydrogen-bond donors (Lipinski definition) is 1. The molecule has 1 N–H and O–H groups in total. The predicted octanol–water partition coefficient (Wildman–Crippen LogP) is 4.37. The van der Waals surface area contributed by atoms with Crippen molar-refractivity contribution < 1.29 is 4.74 Å². The minimum atomic E-state index is 0.648. The average Bonchev–Trinajstić information content (AvgIpc) is 2.40. The van der Waals surface area contributed by atoms with Crippen LogP contribution in [-0.4, -0.2) is 13.2 Å². The van der Waals surface area contributed by atoms with Gasteiger partial charge in [-0.05, 0) is 49.3 Å². The molecule has 1 fully saturated rings. The molecule has 3 heteroatoms. The van der Waals surface area contributed by atoms with Gasteiger partial charge in [0, 0.05) is 22.6 Å². The molecule has 1 aliphatic rings. The van der Waals surface area contributed by atoms with Crippen molar-refractivity contribution in [3.05, 3.63) is 28.2 Å². The van der Waals surface area contributed by atoms with Gasteiger partial charge in [-0.1, -0.05) is 29.8 Å². The van der Waals surface area contributed by atoms with Gasteiger partial charge in [-0.3, -0.25) is 0 Å². The topological polar surface area (TPSA) is 21.3 Å². The maximum Gasteiger partial charge on any atom is 0.123 e. The van der Waals surface area contributed by atoms with Crippen LogP contribution >= 0.6 is 15.9 Å². The van der Waals surface area contributed by atoms with E-state index in [4.69, 9.17) is 4.74 Å². The molecule has 19 heavy (non-hydrogen) atoms. The number of methoxy groups -OCH3 is 1. The summed E-state index contributed by atoms with van der Waals surface area (Å²) in [5.41, 5.74) is 1.23. The summed E-state index contributed by atoms with van der Waals surface area (Å²) in [5.74, 6) is 2.67. The van der Waals surface area contributed by atoms with E-state index < -0.39 is 0 Å². The number of hydrogen-bond acceptors (Lipinski definition) is 2. The molecule has 0 heterocycles. The van der Waals surface area contributed by atoms with Gasteiger partial charge in [0.05, 0.1) is 7.11 Å². The van der Waals surface area contributed by atoms with Crippen LogP contribution in [0.1, 0.15) is 38.7 Å². The van der Waals surface area contributed by atoms with Crippen molar-refractivity contribution in [2.24, 2.45) is 11.8 Å². The first kappa shape index (κ1) is 14.9. The van der Waals surface area contributed by atoms with Gasteiger partial charge in [0.2, 0.25) is 0 Å². The van der Waals surface area contributed by atoms with E-state index in [9.17, 15) is 0 Å². The second kappa shape index (κ2) is 6.76. The van der Waals surface area contributed by atoms with Crippen LogP contribution in [0.4, 0.5) is 0 Å². The molecule has 0 spiro atoms. The van der Waals surface area contributed by atoms with Crippen molar-refractivity contribution in [2.45, 2.75) is 45.7 Å². The molecule has 0 radical (unpaired) electrons. The number of ether oxygens (including phenoxy) is 1. The van der Waals surface area contributed by atoms with Crippen LogP contribution in [0.15, 0.2) is 22.7 Å². The number of halogens is 1. The van der Waals surface area contributed by atoms with Crippen LogP contribution in [0.5, 0.6) is 5.75 Å². The van der Waals surface area contributed by atoms with E-state index in [-0.39, 0.29) is 0 Å². The Labute approximate surface area is 125 Å². The molecule has 0 aromatic heterocycles. The fourth-order valence-electron chi connectivity index (χ4n) is 2.87. The van der Waals surface area contributed by atoms with Crippen molar-refractivity contribution >= 4 is 15.9 Å². The highest BCUT2D eigenvalue weighted by Crippen LogP contribution is 2.30. The van der Waals surface area contributed by atoms with Crippen LogP contribution < -0.4 is 10.1 Å². The molecular formula is C16H24BrNO. The zero-order chi connectivity index (χ0) is 13.8. The Hall–Kier alpha value is -0.540. The molecule has 106 valence electrons. The third kappa shape index (κ3) is 3.96. The summed E-state index contributed by atoms with van der Waals surface area (Å²) in [6.45, 7) is 5.63. The molecule has 0 amide bonds. The predicted molar refractivity (Wildman–Crippen MR) is 83.5 cm³/mol. The molecule has 1 aromatic carbocycles. The third-order valence-electron chi connectivity index (χ3n) is 4.42. The van der Waals surface area contributed by atoms with Gasteiger partial charge < -0.3 is 10.1 Å². The molecule has 1 saturated carbocycles. The average molecular weight is 326 g/mol.